The molecule has 2 aromatic rings. The molecule has 1 heterocycles. The molecule has 0 radical (unpaired) electrons. The third-order valence-corrected chi connectivity index (χ3v) is 5.34. The molecule has 6 nitrogen and oxygen atoms in total. The first-order valence-corrected chi connectivity index (χ1v) is 11.4. The number of hydrogen-bond acceptors (Lipinski definition) is 4. The highest BCUT2D eigenvalue weighted by Gasteiger charge is 2.18. The van der Waals surface area contributed by atoms with Gasteiger partial charge in [0.15, 0.2) is 0 Å². The number of nitrogens with one attached hydrogen (secondary N) is 1. The molecule has 0 aliphatic carbocycles. The monoisotopic (exact) mass is 444 g/mol. The molecule has 7 heteroatoms. The summed E-state index contributed by atoms with van der Waals surface area (Å²) in [6.07, 6.45) is 10.9. The van der Waals surface area contributed by atoms with Gasteiger partial charge < -0.3 is 14.6 Å². The zero-order valence-electron chi connectivity index (χ0n) is 19.0. The van der Waals surface area contributed by atoms with Crippen molar-refractivity contribution < 1.29 is 18.7 Å². The Balaban J connectivity index is 2.08. The summed E-state index contributed by atoms with van der Waals surface area (Å²) in [6, 6.07) is 2.52. The van der Waals surface area contributed by atoms with E-state index >= 15 is 0 Å². The van der Waals surface area contributed by atoms with Crippen LogP contribution in [-0.2, 0) is 16.1 Å². The van der Waals surface area contributed by atoms with Crippen LogP contribution in [0.4, 0.5) is 10.1 Å². The van der Waals surface area contributed by atoms with E-state index in [1.54, 1.807) is 11.5 Å². The highest BCUT2D eigenvalue weighted by Crippen LogP contribution is 2.23. The Bertz CT molecular complexity index is 1010. The number of benzene rings is 1. The SMILES string of the molecule is C=CCCCCCCCCC(=O)Nc1cc2c(cc1F)c(=O)c(C(=O)OCC)cn2CC. The van der Waals surface area contributed by atoms with Crippen molar-refractivity contribution in [3.8, 4) is 0 Å². The van der Waals surface area contributed by atoms with Crippen molar-refractivity contribution >= 4 is 28.5 Å². The van der Waals surface area contributed by atoms with E-state index in [1.165, 1.54) is 12.3 Å². The average molecular weight is 445 g/mol. The molecular formula is C25H33FN2O4. The molecule has 1 N–H and O–H groups in total. The van der Waals surface area contributed by atoms with Gasteiger partial charge in [-0.1, -0.05) is 31.8 Å². The van der Waals surface area contributed by atoms with Crippen LogP contribution in [0.3, 0.4) is 0 Å². The Morgan fingerprint density at radius 2 is 1.81 bits per heavy atom. The number of esters is 1. The lowest BCUT2D eigenvalue weighted by Gasteiger charge is -2.14. The number of unbranched alkanes of at least 4 members (excludes halogenated alkanes) is 6. The molecule has 1 aromatic heterocycles. The van der Waals surface area contributed by atoms with E-state index in [0.29, 0.717) is 18.5 Å². The first-order valence-electron chi connectivity index (χ1n) is 11.4. The molecule has 32 heavy (non-hydrogen) atoms. The second-order valence-electron chi connectivity index (χ2n) is 7.72. The molecule has 0 fully saturated rings. The predicted molar refractivity (Wildman–Crippen MR) is 126 cm³/mol. The quantitative estimate of drug-likeness (QED) is 0.248. The lowest BCUT2D eigenvalue weighted by atomic mass is 10.1. The minimum atomic E-state index is -0.736. The van der Waals surface area contributed by atoms with Crippen LogP contribution in [0.25, 0.3) is 10.9 Å². The normalized spacial score (nSPS) is 10.8. The van der Waals surface area contributed by atoms with Crippen molar-refractivity contribution in [3.63, 3.8) is 0 Å². The summed E-state index contributed by atoms with van der Waals surface area (Å²) in [6.45, 7) is 7.79. The zero-order chi connectivity index (χ0) is 23.5. The number of nitrogens with zero attached hydrogens (tertiary/aromatic N) is 1. The molecule has 2 rings (SSSR count). The van der Waals surface area contributed by atoms with Crippen LogP contribution in [0.5, 0.6) is 0 Å². The van der Waals surface area contributed by atoms with Gasteiger partial charge in [0.25, 0.3) is 0 Å². The van der Waals surface area contributed by atoms with Crippen LogP contribution in [0.1, 0.15) is 75.6 Å². The van der Waals surface area contributed by atoms with Gasteiger partial charge in [-0.05, 0) is 45.2 Å². The maximum Gasteiger partial charge on any atom is 0.343 e. The maximum absolute atomic E-state index is 14.7. The van der Waals surface area contributed by atoms with E-state index in [9.17, 15) is 18.8 Å². The van der Waals surface area contributed by atoms with Gasteiger partial charge in [0.1, 0.15) is 11.4 Å². The summed E-state index contributed by atoms with van der Waals surface area (Å²) in [5.41, 5.74) is -0.255. The fraction of sp³-hybridized carbons (Fsp3) is 0.480. The molecule has 0 saturated heterocycles. The molecule has 0 bridgehead atoms. The molecule has 1 amide bonds. The third-order valence-electron chi connectivity index (χ3n) is 5.34. The van der Waals surface area contributed by atoms with E-state index in [1.807, 2.05) is 13.0 Å². The molecule has 0 unspecified atom stereocenters. The lowest BCUT2D eigenvalue weighted by molar-refractivity contribution is -0.116. The molecule has 0 atom stereocenters. The molecule has 174 valence electrons. The highest BCUT2D eigenvalue weighted by atomic mass is 19.1. The van der Waals surface area contributed by atoms with E-state index in [2.05, 4.69) is 11.9 Å². The number of carbonyl (C=O) groups excluding carboxylic acids is 2. The summed E-state index contributed by atoms with van der Waals surface area (Å²) in [5, 5.41) is 2.69. The topological polar surface area (TPSA) is 77.4 Å². The van der Waals surface area contributed by atoms with E-state index in [-0.39, 0.29) is 29.2 Å². The van der Waals surface area contributed by atoms with E-state index in [4.69, 9.17) is 4.74 Å². The number of aryl methyl sites for hydroxylation is 1. The second-order valence-corrected chi connectivity index (χ2v) is 7.72. The number of pyridine rings is 1. The third kappa shape index (κ3) is 6.77. The van der Waals surface area contributed by atoms with Gasteiger partial charge in [-0.3, -0.25) is 9.59 Å². The van der Waals surface area contributed by atoms with Crippen molar-refractivity contribution in [2.24, 2.45) is 0 Å². The Hall–Kier alpha value is -2.96. The Kier molecular flexibility index (Phi) is 10.1. The number of halogens is 1. The van der Waals surface area contributed by atoms with Gasteiger partial charge in [-0.25, -0.2) is 9.18 Å². The van der Waals surface area contributed by atoms with Crippen molar-refractivity contribution in [1.29, 1.82) is 0 Å². The highest BCUT2D eigenvalue weighted by molar-refractivity contribution is 5.96. The number of allylic oxidation sites excluding steroid dienone is 1. The summed E-state index contributed by atoms with van der Waals surface area (Å²) in [7, 11) is 0. The standard InChI is InChI=1S/C25H33FN2O4/c1-4-7-8-9-10-11-12-13-14-23(29)27-21-16-22-18(15-20(21)26)24(30)19(17-28(22)5-2)25(31)32-6-3/h4,15-17H,1,5-14H2,2-3H3,(H,27,29). The summed E-state index contributed by atoms with van der Waals surface area (Å²) in [4.78, 5) is 37.1. The van der Waals surface area contributed by atoms with Crippen LogP contribution >= 0.6 is 0 Å². The number of fused-ring (bicyclic) bond motifs is 1. The summed E-state index contributed by atoms with van der Waals surface area (Å²) in [5.74, 6) is -1.71. The van der Waals surface area contributed by atoms with Gasteiger partial charge in [0.2, 0.25) is 11.3 Å². The number of carbonyl (C=O) groups is 2. The van der Waals surface area contributed by atoms with Gasteiger partial charge in [0, 0.05) is 24.5 Å². The number of ether oxygens (including phenoxy) is 1. The largest absolute Gasteiger partial charge is 0.462 e. The van der Waals surface area contributed by atoms with Gasteiger partial charge >= 0.3 is 5.97 Å². The van der Waals surface area contributed by atoms with Crippen LogP contribution in [0.2, 0.25) is 0 Å². The molecule has 1 aromatic carbocycles. The molecule has 0 aliphatic heterocycles. The number of aromatic nitrogens is 1. The number of anilines is 1. The summed E-state index contributed by atoms with van der Waals surface area (Å²) >= 11 is 0. The fourth-order valence-electron chi connectivity index (χ4n) is 3.62. The van der Waals surface area contributed by atoms with Crippen molar-refractivity contribution in [2.75, 3.05) is 11.9 Å². The Morgan fingerprint density at radius 3 is 2.47 bits per heavy atom. The molecule has 0 spiro atoms. The van der Waals surface area contributed by atoms with Crippen LogP contribution in [0.15, 0.2) is 35.8 Å². The first kappa shape index (κ1) is 25.3. The molecular weight excluding hydrogens is 411 g/mol. The molecule has 0 aliphatic rings. The van der Waals surface area contributed by atoms with Crippen LogP contribution < -0.4 is 10.7 Å². The van der Waals surface area contributed by atoms with Crippen LogP contribution in [-0.4, -0.2) is 23.1 Å². The number of amides is 1. The first-order chi connectivity index (χ1) is 15.4. The average Bonchev–Trinajstić information content (AvgIpc) is 2.77. The summed E-state index contributed by atoms with van der Waals surface area (Å²) < 4.78 is 21.3. The van der Waals surface area contributed by atoms with Gasteiger partial charge in [-0.15, -0.1) is 6.58 Å². The lowest BCUT2D eigenvalue weighted by Crippen LogP contribution is -2.21. The minimum absolute atomic E-state index is 0.0254. The Morgan fingerprint density at radius 1 is 1.12 bits per heavy atom. The van der Waals surface area contributed by atoms with E-state index in [0.717, 1.165) is 51.0 Å². The molecule has 0 saturated carbocycles. The zero-order valence-corrected chi connectivity index (χ0v) is 19.0. The van der Waals surface area contributed by atoms with E-state index < -0.39 is 17.2 Å². The number of rotatable bonds is 13. The Labute approximate surface area is 188 Å². The maximum atomic E-state index is 14.7. The number of hydrogen-bond donors (Lipinski definition) is 1. The van der Waals surface area contributed by atoms with Gasteiger partial charge in [-0.2, -0.15) is 0 Å². The van der Waals surface area contributed by atoms with Crippen LogP contribution in [0, 0.1) is 5.82 Å². The minimum Gasteiger partial charge on any atom is -0.462 e. The predicted octanol–water partition coefficient (Wildman–Crippen LogP) is 5.58. The van der Waals surface area contributed by atoms with Gasteiger partial charge in [0.05, 0.1) is 17.8 Å². The van der Waals surface area contributed by atoms with Crippen molar-refractivity contribution in [3.05, 3.63) is 52.6 Å². The fourth-order valence-corrected chi connectivity index (χ4v) is 3.62. The van der Waals surface area contributed by atoms with Crippen molar-refractivity contribution in [2.45, 2.75) is 71.8 Å². The second kappa shape index (κ2) is 12.8. The smallest absolute Gasteiger partial charge is 0.343 e. The van der Waals surface area contributed by atoms with Crippen molar-refractivity contribution in [1.82, 2.24) is 4.57 Å².